The maximum Gasteiger partial charge on any atom is 0.333 e. The summed E-state index contributed by atoms with van der Waals surface area (Å²) in [4.78, 5) is 23.3. The van der Waals surface area contributed by atoms with E-state index in [1.807, 2.05) is 0 Å². The second kappa shape index (κ2) is 13.6. The molecule has 5 atom stereocenters. The molecule has 0 amide bonds. The molecular weight excluding hydrogens is 443 g/mol. The Morgan fingerprint density at radius 1 is 0.800 bits per heavy atom. The van der Waals surface area contributed by atoms with Crippen molar-refractivity contribution in [2.75, 3.05) is 6.61 Å². The molecule has 0 radical (unpaired) electrons. The number of hydrogen-bond donors (Lipinski definition) is 0. The molecule has 0 spiro atoms. The highest BCUT2D eigenvalue weighted by Gasteiger charge is 2.40. The van der Waals surface area contributed by atoms with Crippen LogP contribution in [0.4, 0.5) is 4.39 Å². The lowest BCUT2D eigenvalue weighted by Crippen LogP contribution is -2.37. The Balaban J connectivity index is 1.36. The number of carbonyl (C=O) groups excluding carboxylic acids is 2. The molecule has 0 N–H and O–H groups in total. The first-order valence-corrected chi connectivity index (χ1v) is 14.1. The Morgan fingerprint density at radius 3 is 2.11 bits per heavy atom. The maximum absolute atomic E-state index is 15.4. The summed E-state index contributed by atoms with van der Waals surface area (Å²) in [6.07, 6.45) is 14.1. The second-order valence-corrected chi connectivity index (χ2v) is 11.7. The quantitative estimate of drug-likeness (QED) is 0.145. The molecule has 3 aliphatic carbocycles. The van der Waals surface area contributed by atoms with E-state index in [0.717, 1.165) is 51.4 Å². The molecule has 0 bridgehead atoms. The largest absolute Gasteiger partial charge is 0.462 e. The van der Waals surface area contributed by atoms with Crippen LogP contribution in [0.15, 0.2) is 24.3 Å². The van der Waals surface area contributed by atoms with Crippen molar-refractivity contribution in [3.8, 4) is 0 Å². The molecule has 0 aromatic rings. The fraction of sp³-hybridized carbons (Fsp3) is 0.800. The second-order valence-electron chi connectivity index (χ2n) is 11.7. The van der Waals surface area contributed by atoms with Gasteiger partial charge in [-0.25, -0.2) is 14.0 Å². The Bertz CT molecular complexity index is 739. The predicted molar refractivity (Wildman–Crippen MR) is 137 cm³/mol. The highest BCUT2D eigenvalue weighted by molar-refractivity contribution is 5.87. The van der Waals surface area contributed by atoms with E-state index >= 15 is 4.39 Å². The minimum atomic E-state index is -0.685. The third kappa shape index (κ3) is 8.46. The van der Waals surface area contributed by atoms with Crippen LogP contribution in [0.1, 0.15) is 104 Å². The number of hydrogen-bond acceptors (Lipinski definition) is 4. The van der Waals surface area contributed by atoms with E-state index in [1.54, 1.807) is 13.8 Å². The van der Waals surface area contributed by atoms with Gasteiger partial charge < -0.3 is 9.47 Å². The fourth-order valence-electron chi connectivity index (χ4n) is 6.84. The number of carbonyl (C=O) groups is 2. The maximum atomic E-state index is 15.4. The topological polar surface area (TPSA) is 52.6 Å². The van der Waals surface area contributed by atoms with Gasteiger partial charge in [0.1, 0.15) is 12.3 Å². The van der Waals surface area contributed by atoms with Crippen LogP contribution in [-0.4, -0.2) is 30.8 Å². The Hall–Kier alpha value is -1.65. The SMILES string of the molecule is C=C(C)C(=O)OCCCC1CCCC(C2CCC(C3CCC(OC(=O)C(=C)C)CC3)C(F)C2)CC1. The summed E-state index contributed by atoms with van der Waals surface area (Å²) in [7, 11) is 0. The van der Waals surface area contributed by atoms with Crippen LogP contribution in [-0.2, 0) is 19.1 Å². The van der Waals surface area contributed by atoms with Gasteiger partial charge in [-0.3, -0.25) is 0 Å². The zero-order chi connectivity index (χ0) is 25.4. The average molecular weight is 491 g/mol. The normalized spacial score (nSPS) is 33.9. The first-order chi connectivity index (χ1) is 16.7. The monoisotopic (exact) mass is 490 g/mol. The fourth-order valence-corrected chi connectivity index (χ4v) is 6.84. The van der Waals surface area contributed by atoms with Crippen molar-refractivity contribution in [3.05, 3.63) is 24.3 Å². The third-order valence-electron chi connectivity index (χ3n) is 8.95. The predicted octanol–water partition coefficient (Wildman–Crippen LogP) is 7.51. The highest BCUT2D eigenvalue weighted by atomic mass is 19.1. The van der Waals surface area contributed by atoms with Crippen molar-refractivity contribution < 1.29 is 23.5 Å². The van der Waals surface area contributed by atoms with Gasteiger partial charge in [-0.05, 0) is 108 Å². The molecule has 5 heteroatoms. The van der Waals surface area contributed by atoms with Crippen LogP contribution in [0.2, 0.25) is 0 Å². The molecule has 0 aromatic carbocycles. The van der Waals surface area contributed by atoms with E-state index in [2.05, 4.69) is 13.2 Å². The molecule has 3 rings (SSSR count). The van der Waals surface area contributed by atoms with E-state index in [-0.39, 0.29) is 24.0 Å². The van der Waals surface area contributed by atoms with Crippen molar-refractivity contribution >= 4 is 11.9 Å². The minimum absolute atomic E-state index is 0.0260. The summed E-state index contributed by atoms with van der Waals surface area (Å²) in [6.45, 7) is 11.1. The molecule has 0 aromatic heterocycles. The molecule has 0 heterocycles. The van der Waals surface area contributed by atoms with E-state index in [0.29, 0.717) is 41.4 Å². The smallest absolute Gasteiger partial charge is 0.333 e. The molecule has 198 valence electrons. The van der Waals surface area contributed by atoms with Crippen molar-refractivity contribution in [1.82, 2.24) is 0 Å². The van der Waals surface area contributed by atoms with Crippen LogP contribution < -0.4 is 0 Å². The Kier molecular flexibility index (Phi) is 10.9. The van der Waals surface area contributed by atoms with Crippen LogP contribution in [0, 0.1) is 29.6 Å². The summed E-state index contributed by atoms with van der Waals surface area (Å²) in [5.74, 6) is 1.93. The molecule has 0 saturated heterocycles. The summed E-state index contributed by atoms with van der Waals surface area (Å²) < 4.78 is 26.2. The van der Waals surface area contributed by atoms with Gasteiger partial charge in [-0.1, -0.05) is 38.8 Å². The van der Waals surface area contributed by atoms with Crippen molar-refractivity contribution in [2.24, 2.45) is 29.6 Å². The minimum Gasteiger partial charge on any atom is -0.462 e. The average Bonchev–Trinajstić information content (AvgIpc) is 3.08. The zero-order valence-electron chi connectivity index (χ0n) is 22.1. The summed E-state index contributed by atoms with van der Waals surface area (Å²) in [5, 5.41) is 0. The van der Waals surface area contributed by atoms with E-state index in [4.69, 9.17) is 9.47 Å². The van der Waals surface area contributed by atoms with Gasteiger partial charge in [0.05, 0.1) is 6.61 Å². The summed E-state index contributed by atoms with van der Waals surface area (Å²) in [5.41, 5.74) is 0.906. The molecular formula is C30H47FO4. The standard InChI is InChI=1S/C30H47FO4/c1-20(2)29(32)34-18-6-8-22-7-5-9-23(11-10-22)25-14-17-27(28(31)19-25)24-12-15-26(16-13-24)35-30(33)21(3)4/h22-28H,1,3,5-19H2,2,4H3. The molecule has 3 aliphatic rings. The Morgan fingerprint density at radius 2 is 1.46 bits per heavy atom. The number of ether oxygens (including phenoxy) is 2. The van der Waals surface area contributed by atoms with Crippen molar-refractivity contribution in [1.29, 1.82) is 0 Å². The lowest BCUT2D eigenvalue weighted by atomic mass is 9.66. The molecule has 3 saturated carbocycles. The molecule has 3 fully saturated rings. The van der Waals surface area contributed by atoms with Gasteiger partial charge in [0.2, 0.25) is 0 Å². The molecule has 35 heavy (non-hydrogen) atoms. The van der Waals surface area contributed by atoms with Crippen LogP contribution >= 0.6 is 0 Å². The Labute approximate surface area is 212 Å². The lowest BCUT2D eigenvalue weighted by Gasteiger charge is -2.41. The van der Waals surface area contributed by atoms with E-state index in [9.17, 15) is 9.59 Å². The van der Waals surface area contributed by atoms with Crippen molar-refractivity contribution in [3.63, 3.8) is 0 Å². The number of alkyl halides is 1. The van der Waals surface area contributed by atoms with Crippen LogP contribution in [0.3, 0.4) is 0 Å². The number of halogens is 1. The van der Waals surface area contributed by atoms with Gasteiger partial charge in [0.25, 0.3) is 0 Å². The molecule has 4 nitrogen and oxygen atoms in total. The highest BCUT2D eigenvalue weighted by Crippen LogP contribution is 2.46. The number of esters is 2. The van der Waals surface area contributed by atoms with Crippen LogP contribution in [0.5, 0.6) is 0 Å². The van der Waals surface area contributed by atoms with Gasteiger partial charge in [0.15, 0.2) is 0 Å². The third-order valence-corrected chi connectivity index (χ3v) is 8.95. The van der Waals surface area contributed by atoms with Crippen molar-refractivity contribution in [2.45, 2.75) is 116 Å². The summed E-state index contributed by atoms with van der Waals surface area (Å²) >= 11 is 0. The van der Waals surface area contributed by atoms with Crippen LogP contribution in [0.25, 0.3) is 0 Å². The summed E-state index contributed by atoms with van der Waals surface area (Å²) in [6, 6.07) is 0. The first kappa shape index (κ1) is 27.9. The number of rotatable bonds is 9. The van der Waals surface area contributed by atoms with Gasteiger partial charge >= 0.3 is 11.9 Å². The van der Waals surface area contributed by atoms with Gasteiger partial charge in [-0.15, -0.1) is 0 Å². The first-order valence-electron chi connectivity index (χ1n) is 14.1. The lowest BCUT2D eigenvalue weighted by molar-refractivity contribution is -0.146. The van der Waals surface area contributed by atoms with Gasteiger partial charge in [0, 0.05) is 11.1 Å². The van der Waals surface area contributed by atoms with Gasteiger partial charge in [-0.2, -0.15) is 0 Å². The van der Waals surface area contributed by atoms with E-state index in [1.165, 1.54) is 38.5 Å². The molecule has 0 aliphatic heterocycles. The van der Waals surface area contributed by atoms with E-state index < -0.39 is 6.17 Å². The zero-order valence-corrected chi connectivity index (χ0v) is 22.1. The molecule has 5 unspecified atom stereocenters.